The van der Waals surface area contributed by atoms with Crippen molar-refractivity contribution < 1.29 is 4.74 Å². The van der Waals surface area contributed by atoms with Gasteiger partial charge < -0.3 is 15.4 Å². The fourth-order valence-electron chi connectivity index (χ4n) is 2.08. The summed E-state index contributed by atoms with van der Waals surface area (Å²) >= 11 is 0. The molecule has 20 heavy (non-hydrogen) atoms. The van der Waals surface area contributed by atoms with E-state index >= 15 is 0 Å². The zero-order chi connectivity index (χ0) is 14.4. The van der Waals surface area contributed by atoms with Crippen LogP contribution in [-0.4, -0.2) is 20.2 Å². The third-order valence-electron chi connectivity index (χ3n) is 3.44. The van der Waals surface area contributed by atoms with Crippen molar-refractivity contribution in [1.29, 1.82) is 0 Å². The molecular weight excluding hydrogens is 248 g/mol. The summed E-state index contributed by atoms with van der Waals surface area (Å²) in [6.07, 6.45) is 0. The molecule has 0 aliphatic rings. The first-order valence-corrected chi connectivity index (χ1v) is 6.88. The molecule has 2 aromatic rings. The van der Waals surface area contributed by atoms with E-state index in [0.717, 1.165) is 24.5 Å². The number of ether oxygens (including phenoxy) is 1. The van der Waals surface area contributed by atoms with Crippen LogP contribution in [0.1, 0.15) is 11.1 Å². The fourth-order valence-corrected chi connectivity index (χ4v) is 2.08. The van der Waals surface area contributed by atoms with E-state index in [1.807, 2.05) is 24.3 Å². The number of hydrogen-bond donors (Lipinski definition) is 2. The molecule has 0 aliphatic heterocycles. The van der Waals surface area contributed by atoms with Crippen LogP contribution in [0, 0.1) is 13.8 Å². The molecule has 0 saturated heterocycles. The van der Waals surface area contributed by atoms with Gasteiger partial charge in [0.25, 0.3) is 0 Å². The predicted molar refractivity (Wildman–Crippen MR) is 85.9 cm³/mol. The van der Waals surface area contributed by atoms with Gasteiger partial charge in [0.2, 0.25) is 0 Å². The minimum absolute atomic E-state index is 0.862. The molecule has 0 spiro atoms. The van der Waals surface area contributed by atoms with Gasteiger partial charge in [0.15, 0.2) is 0 Å². The van der Waals surface area contributed by atoms with Gasteiger partial charge >= 0.3 is 0 Å². The van der Waals surface area contributed by atoms with Crippen molar-refractivity contribution in [1.82, 2.24) is 0 Å². The van der Waals surface area contributed by atoms with Crippen molar-refractivity contribution in [2.45, 2.75) is 13.8 Å². The summed E-state index contributed by atoms with van der Waals surface area (Å²) in [6.45, 7) is 6.02. The lowest BCUT2D eigenvalue weighted by Gasteiger charge is -2.12. The minimum Gasteiger partial charge on any atom is -0.497 e. The number of methoxy groups -OCH3 is 1. The highest BCUT2D eigenvalue weighted by Crippen LogP contribution is 2.18. The smallest absolute Gasteiger partial charge is 0.120 e. The number of aryl methyl sites for hydroxylation is 1. The van der Waals surface area contributed by atoms with Crippen molar-refractivity contribution in [3.05, 3.63) is 53.6 Å². The maximum absolute atomic E-state index is 5.20. The fraction of sp³-hybridized carbons (Fsp3) is 0.294. The van der Waals surface area contributed by atoms with E-state index in [-0.39, 0.29) is 0 Å². The van der Waals surface area contributed by atoms with E-state index < -0.39 is 0 Å². The predicted octanol–water partition coefficient (Wildman–Crippen LogP) is 3.84. The van der Waals surface area contributed by atoms with E-state index in [9.17, 15) is 0 Å². The molecule has 0 unspecified atom stereocenters. The maximum atomic E-state index is 5.20. The van der Waals surface area contributed by atoms with Crippen LogP contribution in [0.15, 0.2) is 42.5 Å². The van der Waals surface area contributed by atoms with Gasteiger partial charge in [-0.05, 0) is 43.2 Å². The third kappa shape index (κ3) is 3.67. The first kappa shape index (κ1) is 14.3. The molecule has 0 aliphatic carbocycles. The largest absolute Gasteiger partial charge is 0.497 e. The van der Waals surface area contributed by atoms with Gasteiger partial charge in [-0.3, -0.25) is 0 Å². The van der Waals surface area contributed by atoms with Crippen LogP contribution in [0.3, 0.4) is 0 Å². The quantitative estimate of drug-likeness (QED) is 0.783. The summed E-state index contributed by atoms with van der Waals surface area (Å²) in [7, 11) is 1.68. The molecule has 106 valence electrons. The third-order valence-corrected chi connectivity index (χ3v) is 3.44. The molecule has 0 aromatic heterocycles. The zero-order valence-corrected chi connectivity index (χ0v) is 12.4. The van der Waals surface area contributed by atoms with Crippen LogP contribution in [-0.2, 0) is 0 Å². The van der Waals surface area contributed by atoms with E-state index in [0.29, 0.717) is 0 Å². The van der Waals surface area contributed by atoms with Crippen molar-refractivity contribution in [2.75, 3.05) is 30.8 Å². The molecule has 2 N–H and O–H groups in total. The van der Waals surface area contributed by atoms with E-state index in [4.69, 9.17) is 4.74 Å². The molecule has 3 heteroatoms. The molecule has 0 bridgehead atoms. The van der Waals surface area contributed by atoms with Crippen molar-refractivity contribution in [3.8, 4) is 5.75 Å². The molecule has 0 amide bonds. The minimum atomic E-state index is 0.862. The van der Waals surface area contributed by atoms with Gasteiger partial charge in [-0.15, -0.1) is 0 Å². The lowest BCUT2D eigenvalue weighted by molar-refractivity contribution is 0.415. The van der Waals surface area contributed by atoms with Crippen molar-refractivity contribution in [2.24, 2.45) is 0 Å². The SMILES string of the molecule is COc1cccc(NCCNc2cccc(C)c2C)c1. The molecule has 0 heterocycles. The lowest BCUT2D eigenvalue weighted by atomic mass is 10.1. The average Bonchev–Trinajstić information content (AvgIpc) is 2.48. The molecule has 0 radical (unpaired) electrons. The second kappa shape index (κ2) is 6.85. The number of rotatable bonds is 6. The van der Waals surface area contributed by atoms with Gasteiger partial charge in [0.1, 0.15) is 5.75 Å². The van der Waals surface area contributed by atoms with Gasteiger partial charge in [-0.1, -0.05) is 18.2 Å². The standard InChI is InChI=1S/C17H22N2O/c1-13-6-4-9-17(14(13)2)19-11-10-18-15-7-5-8-16(12-15)20-3/h4-9,12,18-19H,10-11H2,1-3H3. The summed E-state index contributed by atoms with van der Waals surface area (Å²) in [5, 5.41) is 6.84. The van der Waals surface area contributed by atoms with Gasteiger partial charge in [-0.2, -0.15) is 0 Å². The van der Waals surface area contributed by atoms with Gasteiger partial charge in [0, 0.05) is 30.5 Å². The molecule has 2 rings (SSSR count). The normalized spacial score (nSPS) is 10.2. The Kier molecular flexibility index (Phi) is 4.88. The Labute approximate surface area is 121 Å². The molecule has 0 atom stereocenters. The average molecular weight is 270 g/mol. The molecule has 3 nitrogen and oxygen atoms in total. The summed E-state index contributed by atoms with van der Waals surface area (Å²) in [6, 6.07) is 14.3. The molecule has 0 saturated carbocycles. The summed E-state index contributed by atoms with van der Waals surface area (Å²) in [4.78, 5) is 0. The van der Waals surface area contributed by atoms with Crippen LogP contribution in [0.5, 0.6) is 5.75 Å². The highest BCUT2D eigenvalue weighted by Gasteiger charge is 1.99. The van der Waals surface area contributed by atoms with Crippen molar-refractivity contribution in [3.63, 3.8) is 0 Å². The summed E-state index contributed by atoms with van der Waals surface area (Å²) < 4.78 is 5.20. The first-order chi connectivity index (χ1) is 9.70. The highest BCUT2D eigenvalue weighted by molar-refractivity contribution is 5.54. The van der Waals surface area contributed by atoms with Gasteiger partial charge in [-0.25, -0.2) is 0 Å². The summed E-state index contributed by atoms with van der Waals surface area (Å²) in [5.41, 5.74) is 4.91. The molecule has 2 aromatic carbocycles. The van der Waals surface area contributed by atoms with E-state index in [1.165, 1.54) is 16.8 Å². The van der Waals surface area contributed by atoms with Crippen LogP contribution in [0.2, 0.25) is 0 Å². The Morgan fingerprint density at radius 2 is 1.70 bits per heavy atom. The number of nitrogens with one attached hydrogen (secondary N) is 2. The molecular formula is C17H22N2O. The highest BCUT2D eigenvalue weighted by atomic mass is 16.5. The maximum Gasteiger partial charge on any atom is 0.120 e. The zero-order valence-electron chi connectivity index (χ0n) is 12.4. The second-order valence-electron chi connectivity index (χ2n) is 4.83. The second-order valence-corrected chi connectivity index (χ2v) is 4.83. The number of hydrogen-bond acceptors (Lipinski definition) is 3. The Morgan fingerprint density at radius 3 is 2.50 bits per heavy atom. The first-order valence-electron chi connectivity index (χ1n) is 6.88. The van der Waals surface area contributed by atoms with E-state index in [1.54, 1.807) is 7.11 Å². The van der Waals surface area contributed by atoms with Crippen LogP contribution in [0.4, 0.5) is 11.4 Å². The number of benzene rings is 2. The monoisotopic (exact) mass is 270 g/mol. The summed E-state index contributed by atoms with van der Waals surface area (Å²) in [5.74, 6) is 0.873. The Morgan fingerprint density at radius 1 is 0.950 bits per heavy atom. The van der Waals surface area contributed by atoms with E-state index in [2.05, 4.69) is 42.7 Å². The Bertz CT molecular complexity index is 567. The van der Waals surface area contributed by atoms with Crippen LogP contribution < -0.4 is 15.4 Å². The Hall–Kier alpha value is -2.16. The topological polar surface area (TPSA) is 33.3 Å². The molecule has 0 fully saturated rings. The van der Waals surface area contributed by atoms with Crippen LogP contribution in [0.25, 0.3) is 0 Å². The van der Waals surface area contributed by atoms with Crippen LogP contribution >= 0.6 is 0 Å². The number of anilines is 2. The van der Waals surface area contributed by atoms with Crippen molar-refractivity contribution >= 4 is 11.4 Å². The lowest BCUT2D eigenvalue weighted by Crippen LogP contribution is -2.14. The Balaban J connectivity index is 1.83. The van der Waals surface area contributed by atoms with Gasteiger partial charge in [0.05, 0.1) is 7.11 Å².